The van der Waals surface area contributed by atoms with Crippen LogP contribution in [0.4, 0.5) is 10.3 Å². The van der Waals surface area contributed by atoms with E-state index in [9.17, 15) is 14.0 Å². The number of halogens is 1. The Morgan fingerprint density at radius 1 is 1.03 bits per heavy atom. The molecule has 2 aromatic heterocycles. The van der Waals surface area contributed by atoms with Gasteiger partial charge in [0.15, 0.2) is 5.82 Å². The summed E-state index contributed by atoms with van der Waals surface area (Å²) >= 11 is 0. The third-order valence-corrected chi connectivity index (χ3v) is 4.96. The molecule has 4 rings (SSSR count). The van der Waals surface area contributed by atoms with E-state index in [1.807, 2.05) is 30.3 Å². The molecule has 0 unspecified atom stereocenters. The maximum Gasteiger partial charge on any atom is 0.272 e. The van der Waals surface area contributed by atoms with Gasteiger partial charge in [0, 0.05) is 18.0 Å². The van der Waals surface area contributed by atoms with Gasteiger partial charge in [0.05, 0.1) is 12.7 Å². The van der Waals surface area contributed by atoms with E-state index in [1.165, 1.54) is 30.7 Å². The van der Waals surface area contributed by atoms with Crippen molar-refractivity contribution >= 4 is 17.8 Å². The Labute approximate surface area is 195 Å². The second kappa shape index (κ2) is 9.57. The average molecular weight is 459 g/mol. The largest absolute Gasteiger partial charge is 0.337 e. The molecule has 0 bridgehead atoms. The van der Waals surface area contributed by atoms with Gasteiger partial charge in [-0.25, -0.2) is 14.1 Å². The minimum atomic E-state index is -1.30. The first-order chi connectivity index (χ1) is 16.3. The van der Waals surface area contributed by atoms with Crippen LogP contribution in [0.15, 0.2) is 73.2 Å². The lowest BCUT2D eigenvalue weighted by Gasteiger charge is -2.24. The minimum Gasteiger partial charge on any atom is -0.337 e. The zero-order valence-corrected chi connectivity index (χ0v) is 18.6. The summed E-state index contributed by atoms with van der Waals surface area (Å²) in [6.07, 6.45) is 4.15. The molecule has 10 heteroatoms. The second-order valence-corrected chi connectivity index (χ2v) is 8.03. The standard InChI is InChI=1S/C24H22FN7O2/c1-24(2,30-21(33)19-14-26-12-13-27-19)22(34)29-23-28-20(17-8-10-18(25)11-9-17)32(31-23)15-16-6-4-3-5-7-16/h3-14H,15H2,1-2H3,(H,30,33)(H,29,31,34). The average Bonchev–Trinajstić information content (AvgIpc) is 3.22. The highest BCUT2D eigenvalue weighted by atomic mass is 19.1. The SMILES string of the molecule is CC(C)(NC(=O)c1cnccn1)C(=O)Nc1nc(-c2ccc(F)cc2)n(Cc2ccccc2)n1. The van der Waals surface area contributed by atoms with Gasteiger partial charge in [0.2, 0.25) is 5.95 Å². The van der Waals surface area contributed by atoms with Gasteiger partial charge in [-0.15, -0.1) is 5.10 Å². The lowest BCUT2D eigenvalue weighted by atomic mass is 10.0. The molecule has 0 aliphatic heterocycles. The van der Waals surface area contributed by atoms with E-state index in [1.54, 1.807) is 30.7 Å². The van der Waals surface area contributed by atoms with E-state index in [0.29, 0.717) is 17.9 Å². The molecule has 0 aliphatic carbocycles. The quantitative estimate of drug-likeness (QED) is 0.439. The van der Waals surface area contributed by atoms with Crippen LogP contribution in [0.3, 0.4) is 0 Å². The third kappa shape index (κ3) is 5.29. The summed E-state index contributed by atoms with van der Waals surface area (Å²) in [5.41, 5.74) is 0.410. The van der Waals surface area contributed by atoms with Gasteiger partial charge >= 0.3 is 0 Å². The van der Waals surface area contributed by atoms with E-state index in [-0.39, 0.29) is 17.5 Å². The van der Waals surface area contributed by atoms with Gasteiger partial charge in [-0.05, 0) is 43.7 Å². The smallest absolute Gasteiger partial charge is 0.272 e. The molecule has 0 spiro atoms. The Morgan fingerprint density at radius 3 is 2.44 bits per heavy atom. The number of aromatic nitrogens is 5. The first kappa shape index (κ1) is 22.7. The van der Waals surface area contributed by atoms with Crippen molar-refractivity contribution in [1.82, 2.24) is 30.0 Å². The molecule has 0 saturated carbocycles. The number of carbonyl (C=O) groups is 2. The van der Waals surface area contributed by atoms with Gasteiger partial charge in [0.25, 0.3) is 11.8 Å². The third-order valence-electron chi connectivity index (χ3n) is 4.96. The summed E-state index contributed by atoms with van der Waals surface area (Å²) in [7, 11) is 0. The molecule has 172 valence electrons. The maximum atomic E-state index is 13.4. The van der Waals surface area contributed by atoms with Crippen LogP contribution in [0.1, 0.15) is 29.9 Å². The molecule has 34 heavy (non-hydrogen) atoms. The van der Waals surface area contributed by atoms with Gasteiger partial charge in [-0.2, -0.15) is 4.98 Å². The lowest BCUT2D eigenvalue weighted by molar-refractivity contribution is -0.121. The fraction of sp³-hybridized carbons (Fsp3) is 0.167. The molecule has 2 amide bonds. The Bertz CT molecular complexity index is 1290. The molecule has 9 nitrogen and oxygen atoms in total. The first-order valence-corrected chi connectivity index (χ1v) is 10.5. The van der Waals surface area contributed by atoms with Crippen molar-refractivity contribution in [3.05, 3.63) is 90.3 Å². The number of nitrogens with one attached hydrogen (secondary N) is 2. The number of nitrogens with zero attached hydrogens (tertiary/aromatic N) is 5. The molecule has 2 heterocycles. The van der Waals surface area contributed by atoms with Crippen LogP contribution < -0.4 is 10.6 Å². The number of carbonyl (C=O) groups excluding carboxylic acids is 2. The van der Waals surface area contributed by atoms with Crippen LogP contribution in [0.25, 0.3) is 11.4 Å². The zero-order valence-electron chi connectivity index (χ0n) is 18.6. The molecule has 0 saturated heterocycles. The molecule has 0 aliphatic rings. The van der Waals surface area contributed by atoms with Gasteiger partial charge in [0.1, 0.15) is 17.1 Å². The fourth-order valence-electron chi connectivity index (χ4n) is 3.15. The van der Waals surface area contributed by atoms with E-state index in [4.69, 9.17) is 0 Å². The normalized spacial score (nSPS) is 11.1. The van der Waals surface area contributed by atoms with Gasteiger partial charge < -0.3 is 5.32 Å². The highest BCUT2D eigenvalue weighted by Gasteiger charge is 2.31. The summed E-state index contributed by atoms with van der Waals surface area (Å²) in [5.74, 6) is -0.912. The number of hydrogen-bond acceptors (Lipinski definition) is 6. The zero-order chi connectivity index (χ0) is 24.1. The fourth-order valence-corrected chi connectivity index (χ4v) is 3.15. The molecule has 2 aromatic carbocycles. The Kier molecular flexibility index (Phi) is 6.39. The summed E-state index contributed by atoms with van der Waals surface area (Å²) < 4.78 is 15.1. The van der Waals surface area contributed by atoms with E-state index >= 15 is 0 Å². The maximum absolute atomic E-state index is 13.4. The monoisotopic (exact) mass is 459 g/mol. The first-order valence-electron chi connectivity index (χ1n) is 10.5. The summed E-state index contributed by atoms with van der Waals surface area (Å²) in [4.78, 5) is 37.7. The molecular weight excluding hydrogens is 437 g/mol. The summed E-state index contributed by atoms with van der Waals surface area (Å²) in [6.45, 7) is 3.50. The van der Waals surface area contributed by atoms with Crippen LogP contribution in [0.2, 0.25) is 0 Å². The number of benzene rings is 2. The van der Waals surface area contributed by atoms with Crippen molar-refractivity contribution in [2.45, 2.75) is 25.9 Å². The Balaban J connectivity index is 1.57. The molecule has 0 radical (unpaired) electrons. The minimum absolute atomic E-state index is 0.0575. The Hall–Kier alpha value is -4.47. The van der Waals surface area contributed by atoms with E-state index in [2.05, 4.69) is 30.7 Å². The lowest BCUT2D eigenvalue weighted by Crippen LogP contribution is -2.52. The predicted octanol–water partition coefficient (Wildman–Crippen LogP) is 3.07. The van der Waals surface area contributed by atoms with Crippen molar-refractivity contribution in [2.24, 2.45) is 0 Å². The van der Waals surface area contributed by atoms with Crippen LogP contribution in [0, 0.1) is 5.82 Å². The topological polar surface area (TPSA) is 115 Å². The van der Waals surface area contributed by atoms with Crippen molar-refractivity contribution in [1.29, 1.82) is 0 Å². The van der Waals surface area contributed by atoms with E-state index in [0.717, 1.165) is 5.56 Å². The van der Waals surface area contributed by atoms with Gasteiger partial charge in [-0.3, -0.25) is 19.9 Å². The van der Waals surface area contributed by atoms with Crippen molar-refractivity contribution in [2.75, 3.05) is 5.32 Å². The molecule has 0 atom stereocenters. The van der Waals surface area contributed by atoms with Crippen molar-refractivity contribution in [3.63, 3.8) is 0 Å². The molecule has 0 fully saturated rings. The van der Waals surface area contributed by atoms with Crippen LogP contribution in [0.5, 0.6) is 0 Å². The van der Waals surface area contributed by atoms with Crippen LogP contribution >= 0.6 is 0 Å². The number of anilines is 1. The highest BCUT2D eigenvalue weighted by Crippen LogP contribution is 2.21. The predicted molar refractivity (Wildman–Crippen MR) is 123 cm³/mol. The number of rotatable bonds is 7. The molecular formula is C24H22FN7O2. The number of amides is 2. The van der Waals surface area contributed by atoms with E-state index < -0.39 is 17.4 Å². The summed E-state index contributed by atoms with van der Waals surface area (Å²) in [6, 6.07) is 15.5. The molecule has 4 aromatic rings. The Morgan fingerprint density at radius 2 is 1.76 bits per heavy atom. The second-order valence-electron chi connectivity index (χ2n) is 8.03. The van der Waals surface area contributed by atoms with Crippen molar-refractivity contribution in [3.8, 4) is 11.4 Å². The van der Waals surface area contributed by atoms with Crippen molar-refractivity contribution < 1.29 is 14.0 Å². The highest BCUT2D eigenvalue weighted by molar-refractivity contribution is 6.01. The molecule has 2 N–H and O–H groups in total. The van der Waals surface area contributed by atoms with Crippen LogP contribution in [-0.4, -0.2) is 42.1 Å². The number of hydrogen-bond donors (Lipinski definition) is 2. The van der Waals surface area contributed by atoms with Gasteiger partial charge in [-0.1, -0.05) is 30.3 Å². The van der Waals surface area contributed by atoms with Crippen LogP contribution in [-0.2, 0) is 11.3 Å². The summed E-state index contributed by atoms with van der Waals surface area (Å²) in [5, 5.41) is 9.73.